The van der Waals surface area contributed by atoms with Crippen LogP contribution in [0.1, 0.15) is 12.0 Å². The molecule has 24 heavy (non-hydrogen) atoms. The van der Waals surface area contributed by atoms with Gasteiger partial charge in [-0.05, 0) is 24.3 Å². The summed E-state index contributed by atoms with van der Waals surface area (Å²) in [5, 5.41) is 22.4. The van der Waals surface area contributed by atoms with E-state index in [0.29, 0.717) is 36.0 Å². The summed E-state index contributed by atoms with van der Waals surface area (Å²) in [6, 6.07) is 7.13. The average Bonchev–Trinajstić information content (AvgIpc) is 2.78. The summed E-state index contributed by atoms with van der Waals surface area (Å²) in [5.74, 6) is 0.0304. The fraction of sp³-hybridized carbons (Fsp3) is 0.235. The molecule has 0 amide bonds. The molecule has 0 radical (unpaired) electrons. The number of ether oxygens (including phenoxy) is 2. The number of carboxylic acid groups (broad SMARTS) is 1. The largest absolute Gasteiger partial charge is 0.490 e. The summed E-state index contributed by atoms with van der Waals surface area (Å²) in [6.07, 6.45) is 3.79. The molecule has 3 rings (SSSR count). The molecule has 1 aliphatic heterocycles. The Kier molecular flexibility index (Phi) is 4.20. The van der Waals surface area contributed by atoms with Gasteiger partial charge in [0.05, 0.1) is 18.9 Å². The maximum absolute atomic E-state index is 11.1. The number of benzene rings is 1. The number of aliphatic carboxylic acids is 1. The lowest BCUT2D eigenvalue weighted by atomic mass is 10.1. The lowest BCUT2D eigenvalue weighted by molar-refractivity contribution is -0.132. The third-order valence-electron chi connectivity index (χ3n) is 3.53. The van der Waals surface area contributed by atoms with E-state index in [0.717, 1.165) is 12.0 Å². The van der Waals surface area contributed by atoms with Gasteiger partial charge in [0.1, 0.15) is 11.6 Å². The molecule has 0 spiro atoms. The van der Waals surface area contributed by atoms with E-state index < -0.39 is 5.97 Å². The van der Waals surface area contributed by atoms with Crippen LogP contribution in [0.15, 0.2) is 30.0 Å². The average molecular weight is 325 g/mol. The standard InChI is InChI=1S/C17H15N3O4/c1-20-10-13(7-12(9-18)17(21)22)16(19-20)11-3-4-14-15(8-11)24-6-2-5-23-14/h3-4,7-8,10H,2,5-6H2,1H3,(H,21,22)/b12-7-. The van der Waals surface area contributed by atoms with Crippen molar-refractivity contribution >= 4 is 12.0 Å². The number of hydrogen-bond donors (Lipinski definition) is 1. The van der Waals surface area contributed by atoms with Crippen LogP contribution in [0.2, 0.25) is 0 Å². The molecule has 1 N–H and O–H groups in total. The number of carbonyl (C=O) groups is 1. The fourth-order valence-electron chi connectivity index (χ4n) is 2.44. The van der Waals surface area contributed by atoms with Crippen molar-refractivity contribution in [3.8, 4) is 28.8 Å². The molecule has 1 aliphatic rings. The van der Waals surface area contributed by atoms with Crippen LogP contribution >= 0.6 is 0 Å². The zero-order valence-electron chi connectivity index (χ0n) is 13.0. The number of nitriles is 1. The van der Waals surface area contributed by atoms with Crippen LogP contribution in [0.4, 0.5) is 0 Å². The lowest BCUT2D eigenvalue weighted by Crippen LogP contribution is -1.97. The van der Waals surface area contributed by atoms with Crippen LogP contribution in [0.5, 0.6) is 11.5 Å². The number of aryl methyl sites for hydroxylation is 1. The smallest absolute Gasteiger partial charge is 0.346 e. The van der Waals surface area contributed by atoms with Crippen LogP contribution in [0, 0.1) is 11.3 Å². The topological polar surface area (TPSA) is 97.4 Å². The normalized spacial score (nSPS) is 13.9. The van der Waals surface area contributed by atoms with Gasteiger partial charge in [0.15, 0.2) is 11.5 Å². The Morgan fingerprint density at radius 2 is 2.12 bits per heavy atom. The van der Waals surface area contributed by atoms with Crippen molar-refractivity contribution in [3.63, 3.8) is 0 Å². The first-order chi connectivity index (χ1) is 11.6. The molecule has 1 aromatic heterocycles. The molecule has 0 saturated heterocycles. The monoisotopic (exact) mass is 325 g/mol. The van der Waals surface area contributed by atoms with E-state index in [1.807, 2.05) is 12.1 Å². The summed E-state index contributed by atoms with van der Waals surface area (Å²) in [6.45, 7) is 1.18. The summed E-state index contributed by atoms with van der Waals surface area (Å²) < 4.78 is 12.9. The predicted octanol–water partition coefficient (Wildman–Crippen LogP) is 2.24. The van der Waals surface area contributed by atoms with E-state index in [-0.39, 0.29) is 5.57 Å². The highest BCUT2D eigenvalue weighted by atomic mass is 16.5. The number of hydrogen-bond acceptors (Lipinski definition) is 5. The molecule has 0 saturated carbocycles. The molecule has 0 fully saturated rings. The molecule has 7 nitrogen and oxygen atoms in total. The van der Waals surface area contributed by atoms with Crippen LogP contribution < -0.4 is 9.47 Å². The molecule has 0 atom stereocenters. The number of aromatic nitrogens is 2. The molecule has 7 heteroatoms. The van der Waals surface area contributed by atoms with Crippen molar-refractivity contribution in [1.29, 1.82) is 5.26 Å². The Morgan fingerprint density at radius 1 is 1.38 bits per heavy atom. The summed E-state index contributed by atoms with van der Waals surface area (Å²) in [4.78, 5) is 11.1. The van der Waals surface area contributed by atoms with E-state index in [1.165, 1.54) is 6.08 Å². The number of carboxylic acids is 1. The Bertz CT molecular complexity index is 861. The molecule has 0 aliphatic carbocycles. The summed E-state index contributed by atoms with van der Waals surface area (Å²) in [7, 11) is 1.73. The van der Waals surface area contributed by atoms with Crippen molar-refractivity contribution in [2.45, 2.75) is 6.42 Å². The first-order valence-corrected chi connectivity index (χ1v) is 7.37. The summed E-state index contributed by atoms with van der Waals surface area (Å²) >= 11 is 0. The molecule has 0 unspecified atom stereocenters. The summed E-state index contributed by atoms with van der Waals surface area (Å²) in [5.41, 5.74) is 1.53. The van der Waals surface area contributed by atoms with Gasteiger partial charge in [-0.1, -0.05) is 0 Å². The predicted molar refractivity (Wildman–Crippen MR) is 85.5 cm³/mol. The lowest BCUT2D eigenvalue weighted by Gasteiger charge is -2.08. The minimum atomic E-state index is -1.27. The number of fused-ring (bicyclic) bond motifs is 1. The minimum Gasteiger partial charge on any atom is -0.490 e. The van der Waals surface area contributed by atoms with E-state index in [4.69, 9.17) is 19.8 Å². The Balaban J connectivity index is 2.06. The van der Waals surface area contributed by atoms with Gasteiger partial charge in [-0.2, -0.15) is 10.4 Å². The van der Waals surface area contributed by atoms with Gasteiger partial charge in [-0.25, -0.2) is 4.79 Å². The second-order valence-corrected chi connectivity index (χ2v) is 5.29. The van der Waals surface area contributed by atoms with Gasteiger partial charge in [0, 0.05) is 30.8 Å². The Labute approximate surface area is 138 Å². The molecule has 122 valence electrons. The highest BCUT2D eigenvalue weighted by Gasteiger charge is 2.16. The van der Waals surface area contributed by atoms with Gasteiger partial charge < -0.3 is 14.6 Å². The second kappa shape index (κ2) is 6.46. The van der Waals surface area contributed by atoms with Crippen molar-refractivity contribution in [3.05, 3.63) is 35.5 Å². The quantitative estimate of drug-likeness (QED) is 0.686. The highest BCUT2D eigenvalue weighted by molar-refractivity contribution is 5.97. The Morgan fingerprint density at radius 3 is 2.83 bits per heavy atom. The SMILES string of the molecule is Cn1cc(/C=C(/C#N)C(=O)O)c(-c2ccc3c(c2)OCCCO3)n1. The maximum atomic E-state index is 11.1. The van der Waals surface area contributed by atoms with Gasteiger partial charge in [-0.15, -0.1) is 0 Å². The van der Waals surface area contributed by atoms with Crippen molar-refractivity contribution < 1.29 is 19.4 Å². The first-order valence-electron chi connectivity index (χ1n) is 7.37. The molecule has 1 aromatic carbocycles. The fourth-order valence-corrected chi connectivity index (χ4v) is 2.44. The third-order valence-corrected chi connectivity index (χ3v) is 3.53. The zero-order chi connectivity index (χ0) is 17.1. The highest BCUT2D eigenvalue weighted by Crippen LogP contribution is 2.35. The van der Waals surface area contributed by atoms with Gasteiger partial charge in [0.25, 0.3) is 0 Å². The van der Waals surface area contributed by atoms with Crippen LogP contribution in [0.25, 0.3) is 17.3 Å². The second-order valence-electron chi connectivity index (χ2n) is 5.29. The minimum absolute atomic E-state index is 0.349. The maximum Gasteiger partial charge on any atom is 0.346 e. The van der Waals surface area contributed by atoms with Crippen LogP contribution in [-0.4, -0.2) is 34.1 Å². The molecule has 2 heterocycles. The van der Waals surface area contributed by atoms with Gasteiger partial charge >= 0.3 is 5.97 Å². The van der Waals surface area contributed by atoms with Gasteiger partial charge in [-0.3, -0.25) is 4.68 Å². The first kappa shape index (κ1) is 15.6. The van der Waals surface area contributed by atoms with E-state index in [2.05, 4.69) is 5.10 Å². The molecular weight excluding hydrogens is 310 g/mol. The molecule has 0 bridgehead atoms. The van der Waals surface area contributed by atoms with Crippen molar-refractivity contribution in [1.82, 2.24) is 9.78 Å². The number of nitrogens with zero attached hydrogens (tertiary/aromatic N) is 3. The molecular formula is C17H15N3O4. The number of rotatable bonds is 3. The van der Waals surface area contributed by atoms with E-state index in [1.54, 1.807) is 30.1 Å². The zero-order valence-corrected chi connectivity index (χ0v) is 13.0. The Hall–Kier alpha value is -3.27. The van der Waals surface area contributed by atoms with Gasteiger partial charge in [0.2, 0.25) is 0 Å². The third kappa shape index (κ3) is 3.08. The van der Waals surface area contributed by atoms with Crippen LogP contribution in [-0.2, 0) is 11.8 Å². The van der Waals surface area contributed by atoms with Crippen molar-refractivity contribution in [2.75, 3.05) is 13.2 Å². The molecule has 2 aromatic rings. The van der Waals surface area contributed by atoms with E-state index >= 15 is 0 Å². The van der Waals surface area contributed by atoms with Crippen molar-refractivity contribution in [2.24, 2.45) is 7.05 Å². The van der Waals surface area contributed by atoms with Crippen LogP contribution in [0.3, 0.4) is 0 Å². The van der Waals surface area contributed by atoms with E-state index in [9.17, 15) is 4.79 Å².